The lowest BCUT2D eigenvalue weighted by Crippen LogP contribution is -1.80. The van der Waals surface area contributed by atoms with Gasteiger partial charge in [0, 0.05) is 39.7 Å². The topological polar surface area (TPSA) is 0 Å². The standard InChI is InChI=1S/C32H36S3/c1-3-5-7-9-11-25-15-19-29(33-25)23-13-17-31-27(21-23)28-22-24(14-18-32(28)35-31)30-20-16-26(34-30)12-10-8-6-4-2/h13-22H,3-12H2,1-2H3. The summed E-state index contributed by atoms with van der Waals surface area (Å²) in [7, 11) is 0. The van der Waals surface area contributed by atoms with Gasteiger partial charge >= 0.3 is 0 Å². The van der Waals surface area contributed by atoms with Crippen molar-refractivity contribution in [1.82, 2.24) is 0 Å². The molecule has 3 heteroatoms. The average molecular weight is 517 g/mol. The second kappa shape index (κ2) is 11.9. The van der Waals surface area contributed by atoms with Gasteiger partial charge in [0.2, 0.25) is 0 Å². The molecule has 35 heavy (non-hydrogen) atoms. The van der Waals surface area contributed by atoms with Gasteiger partial charge in [0.1, 0.15) is 0 Å². The summed E-state index contributed by atoms with van der Waals surface area (Å²) in [5.74, 6) is 0. The van der Waals surface area contributed by atoms with Crippen molar-refractivity contribution in [2.24, 2.45) is 0 Å². The quantitative estimate of drug-likeness (QED) is 0.145. The van der Waals surface area contributed by atoms with E-state index >= 15 is 0 Å². The molecule has 0 radical (unpaired) electrons. The van der Waals surface area contributed by atoms with Gasteiger partial charge in [-0.1, -0.05) is 64.5 Å². The maximum atomic E-state index is 2.43. The Balaban J connectivity index is 1.38. The van der Waals surface area contributed by atoms with E-state index in [2.05, 4.69) is 74.5 Å². The first-order valence-electron chi connectivity index (χ1n) is 13.4. The van der Waals surface area contributed by atoms with E-state index in [1.54, 1.807) is 0 Å². The van der Waals surface area contributed by atoms with Gasteiger partial charge in [0.25, 0.3) is 0 Å². The van der Waals surface area contributed by atoms with E-state index in [-0.39, 0.29) is 0 Å². The molecule has 0 nitrogen and oxygen atoms in total. The zero-order valence-corrected chi connectivity index (χ0v) is 23.5. The third-order valence-corrected chi connectivity index (χ3v) is 10.5. The Hall–Kier alpha value is -1.94. The van der Waals surface area contributed by atoms with E-state index in [1.807, 2.05) is 34.0 Å². The minimum Gasteiger partial charge on any atom is -0.140 e. The normalized spacial score (nSPS) is 11.7. The van der Waals surface area contributed by atoms with Crippen molar-refractivity contribution in [3.63, 3.8) is 0 Å². The van der Waals surface area contributed by atoms with Crippen LogP contribution in [0.3, 0.4) is 0 Å². The molecule has 5 rings (SSSR count). The van der Waals surface area contributed by atoms with E-state index in [0.717, 1.165) is 0 Å². The number of thiophene rings is 3. The van der Waals surface area contributed by atoms with Crippen LogP contribution in [0.1, 0.15) is 75.0 Å². The number of hydrogen-bond acceptors (Lipinski definition) is 3. The first-order chi connectivity index (χ1) is 17.2. The summed E-state index contributed by atoms with van der Waals surface area (Å²) >= 11 is 5.87. The van der Waals surface area contributed by atoms with Gasteiger partial charge in [0.15, 0.2) is 0 Å². The number of rotatable bonds is 12. The van der Waals surface area contributed by atoms with Crippen LogP contribution >= 0.6 is 34.0 Å². The first-order valence-corrected chi connectivity index (χ1v) is 15.8. The molecule has 0 saturated carbocycles. The van der Waals surface area contributed by atoms with Gasteiger partial charge in [-0.25, -0.2) is 0 Å². The van der Waals surface area contributed by atoms with Crippen molar-refractivity contribution in [3.8, 4) is 20.9 Å². The molecule has 5 aromatic rings. The molecule has 0 aliphatic carbocycles. The highest BCUT2D eigenvalue weighted by Crippen LogP contribution is 2.40. The molecule has 0 atom stereocenters. The molecule has 2 aromatic carbocycles. The summed E-state index contributed by atoms with van der Waals surface area (Å²) in [6.07, 6.45) is 13.1. The molecule has 0 bridgehead atoms. The number of aryl methyl sites for hydroxylation is 2. The molecular formula is C32H36S3. The smallest absolute Gasteiger partial charge is 0.0355 e. The molecule has 0 N–H and O–H groups in total. The molecular weight excluding hydrogens is 481 g/mol. The van der Waals surface area contributed by atoms with Crippen molar-refractivity contribution in [3.05, 3.63) is 70.4 Å². The van der Waals surface area contributed by atoms with E-state index in [1.165, 1.54) is 115 Å². The third kappa shape index (κ3) is 5.90. The molecule has 3 aromatic heterocycles. The Bertz CT molecular complexity index is 1280. The van der Waals surface area contributed by atoms with E-state index < -0.39 is 0 Å². The predicted octanol–water partition coefficient (Wildman–Crippen LogP) is 11.8. The summed E-state index contributed by atoms with van der Waals surface area (Å²) in [6, 6.07) is 23.5. The SMILES string of the molecule is CCCCCCc1ccc(-c2ccc3sc4ccc(-c5ccc(CCCCCC)s5)cc4c3c2)s1. The van der Waals surface area contributed by atoms with Crippen molar-refractivity contribution in [2.45, 2.75) is 78.1 Å². The van der Waals surface area contributed by atoms with E-state index in [4.69, 9.17) is 0 Å². The van der Waals surface area contributed by atoms with Crippen molar-refractivity contribution in [2.75, 3.05) is 0 Å². The zero-order valence-electron chi connectivity index (χ0n) is 21.1. The van der Waals surface area contributed by atoms with E-state index in [9.17, 15) is 0 Å². The van der Waals surface area contributed by atoms with E-state index in [0.29, 0.717) is 0 Å². The van der Waals surface area contributed by atoms with Gasteiger partial charge in [-0.05, 0) is 85.3 Å². The summed E-state index contributed by atoms with van der Waals surface area (Å²) < 4.78 is 2.78. The fourth-order valence-corrected chi connectivity index (χ4v) is 8.03. The van der Waals surface area contributed by atoms with Crippen LogP contribution in [0.2, 0.25) is 0 Å². The van der Waals surface area contributed by atoms with Crippen LogP contribution in [-0.4, -0.2) is 0 Å². The highest BCUT2D eigenvalue weighted by molar-refractivity contribution is 7.25. The number of unbranched alkanes of at least 4 members (excludes halogenated alkanes) is 6. The van der Waals surface area contributed by atoms with Crippen molar-refractivity contribution >= 4 is 54.2 Å². The van der Waals surface area contributed by atoms with Crippen LogP contribution in [0.15, 0.2) is 60.7 Å². The molecule has 0 unspecified atom stereocenters. The highest BCUT2D eigenvalue weighted by Gasteiger charge is 2.11. The minimum atomic E-state index is 1.22. The van der Waals surface area contributed by atoms with Crippen LogP contribution in [0.4, 0.5) is 0 Å². The molecule has 0 aliphatic heterocycles. The van der Waals surface area contributed by atoms with Crippen LogP contribution in [0, 0.1) is 0 Å². The summed E-state index contributed by atoms with van der Waals surface area (Å²) in [6.45, 7) is 4.56. The molecule has 182 valence electrons. The predicted molar refractivity (Wildman–Crippen MR) is 162 cm³/mol. The maximum Gasteiger partial charge on any atom is 0.0355 e. The van der Waals surface area contributed by atoms with Gasteiger partial charge in [-0.2, -0.15) is 0 Å². The van der Waals surface area contributed by atoms with Gasteiger partial charge in [-0.3, -0.25) is 0 Å². The van der Waals surface area contributed by atoms with Crippen LogP contribution in [0.5, 0.6) is 0 Å². The fourth-order valence-electron chi connectivity index (χ4n) is 4.87. The lowest BCUT2D eigenvalue weighted by Gasteiger charge is -2.01. The van der Waals surface area contributed by atoms with Crippen LogP contribution < -0.4 is 0 Å². The fraction of sp³-hybridized carbons (Fsp3) is 0.375. The first kappa shape index (κ1) is 24.7. The van der Waals surface area contributed by atoms with Gasteiger partial charge in [-0.15, -0.1) is 34.0 Å². The molecule has 0 spiro atoms. The monoisotopic (exact) mass is 516 g/mol. The highest BCUT2D eigenvalue weighted by atomic mass is 32.1. The lowest BCUT2D eigenvalue weighted by atomic mass is 10.1. The Morgan fingerprint density at radius 3 is 1.43 bits per heavy atom. The summed E-state index contributed by atoms with van der Waals surface area (Å²) in [5.41, 5.74) is 2.72. The lowest BCUT2D eigenvalue weighted by molar-refractivity contribution is 0.670. The second-order valence-corrected chi connectivity index (χ2v) is 13.1. The molecule has 0 amide bonds. The van der Waals surface area contributed by atoms with Crippen molar-refractivity contribution in [1.29, 1.82) is 0 Å². The number of benzene rings is 2. The third-order valence-electron chi connectivity index (χ3n) is 6.92. The zero-order chi connectivity index (χ0) is 24.0. The Morgan fingerprint density at radius 1 is 0.486 bits per heavy atom. The maximum absolute atomic E-state index is 2.43. The molecule has 0 fully saturated rings. The van der Waals surface area contributed by atoms with Crippen molar-refractivity contribution < 1.29 is 0 Å². The Morgan fingerprint density at radius 2 is 0.971 bits per heavy atom. The molecule has 3 heterocycles. The largest absolute Gasteiger partial charge is 0.140 e. The Labute approximate surface area is 222 Å². The number of fused-ring (bicyclic) bond motifs is 3. The van der Waals surface area contributed by atoms with Crippen LogP contribution in [0.25, 0.3) is 41.1 Å². The van der Waals surface area contributed by atoms with Crippen LogP contribution in [-0.2, 0) is 12.8 Å². The minimum absolute atomic E-state index is 1.22. The number of hydrogen-bond donors (Lipinski definition) is 0. The molecule has 0 aliphatic rings. The van der Waals surface area contributed by atoms with Gasteiger partial charge in [0.05, 0.1) is 0 Å². The summed E-state index contributed by atoms with van der Waals surface area (Å²) in [4.78, 5) is 5.85. The Kier molecular flexibility index (Phi) is 8.39. The average Bonchev–Trinajstić information content (AvgIpc) is 3.62. The summed E-state index contributed by atoms with van der Waals surface area (Å²) in [5, 5.41) is 2.80. The van der Waals surface area contributed by atoms with Gasteiger partial charge < -0.3 is 0 Å². The second-order valence-electron chi connectivity index (χ2n) is 9.68. The molecule has 0 saturated heterocycles.